The molecule has 0 spiro atoms. The lowest BCUT2D eigenvalue weighted by Crippen LogP contribution is -2.49. The maximum atomic E-state index is 4.87. The van der Waals surface area contributed by atoms with Gasteiger partial charge in [0.2, 0.25) is 0 Å². The summed E-state index contributed by atoms with van der Waals surface area (Å²) in [5.74, 6) is 0.810. The molecule has 0 aliphatic carbocycles. The molecule has 0 amide bonds. The van der Waals surface area contributed by atoms with E-state index in [9.17, 15) is 0 Å². The van der Waals surface area contributed by atoms with Crippen molar-refractivity contribution < 1.29 is 0 Å². The molecule has 1 unspecified atom stereocenters. The lowest BCUT2D eigenvalue weighted by atomic mass is 9.84. The number of hydrogen-bond donors (Lipinski definition) is 0. The zero-order valence-corrected chi connectivity index (χ0v) is 12.9. The fourth-order valence-corrected chi connectivity index (χ4v) is 3.68. The van der Waals surface area contributed by atoms with Crippen LogP contribution >= 0.6 is 0 Å². The van der Waals surface area contributed by atoms with Crippen LogP contribution in [0, 0.1) is 5.92 Å². The summed E-state index contributed by atoms with van der Waals surface area (Å²) in [4.78, 5) is 7.43. The highest BCUT2D eigenvalue weighted by atomic mass is 15.2. The highest BCUT2D eigenvalue weighted by Crippen LogP contribution is 2.29. The molecule has 3 saturated heterocycles. The average molecular weight is 290 g/mol. The molecule has 2 bridgehead atoms. The van der Waals surface area contributed by atoms with Gasteiger partial charge in [-0.05, 0) is 48.5 Å². The smallest absolute Gasteiger partial charge is 0.0655 e. The van der Waals surface area contributed by atoms with Crippen LogP contribution in [0.3, 0.4) is 0 Å². The van der Waals surface area contributed by atoms with E-state index in [4.69, 9.17) is 4.99 Å². The summed E-state index contributed by atoms with van der Waals surface area (Å²) in [5, 5.41) is 0. The summed E-state index contributed by atoms with van der Waals surface area (Å²) in [6, 6.07) is 19.7. The minimum atomic E-state index is 0.510. The first-order valence-corrected chi connectivity index (χ1v) is 8.29. The molecule has 0 radical (unpaired) electrons. The van der Waals surface area contributed by atoms with Gasteiger partial charge in [0.05, 0.1) is 6.04 Å². The van der Waals surface area contributed by atoms with E-state index < -0.39 is 0 Å². The Kier molecular flexibility index (Phi) is 3.77. The molecule has 0 N–H and O–H groups in total. The number of benzene rings is 2. The molecule has 112 valence electrons. The van der Waals surface area contributed by atoms with E-state index in [1.807, 2.05) is 0 Å². The molecule has 0 aromatic heterocycles. The van der Waals surface area contributed by atoms with Crippen LogP contribution in [0.1, 0.15) is 18.4 Å². The van der Waals surface area contributed by atoms with Crippen molar-refractivity contribution in [2.24, 2.45) is 10.9 Å². The largest absolute Gasteiger partial charge is 0.301 e. The fraction of sp³-hybridized carbons (Fsp3) is 0.350. The molecule has 0 saturated carbocycles. The summed E-state index contributed by atoms with van der Waals surface area (Å²) in [5.41, 5.74) is 3.74. The van der Waals surface area contributed by atoms with Crippen LogP contribution in [0.5, 0.6) is 0 Å². The lowest BCUT2D eigenvalue weighted by Gasteiger charge is -2.43. The number of rotatable bonds is 3. The van der Waals surface area contributed by atoms with Gasteiger partial charge in [-0.1, -0.05) is 54.6 Å². The van der Waals surface area contributed by atoms with Gasteiger partial charge in [-0.25, -0.2) is 0 Å². The number of piperidine rings is 3. The van der Waals surface area contributed by atoms with Crippen molar-refractivity contribution in [1.82, 2.24) is 4.90 Å². The second kappa shape index (κ2) is 6.05. The van der Waals surface area contributed by atoms with E-state index in [1.165, 1.54) is 42.6 Å². The average Bonchev–Trinajstić information content (AvgIpc) is 2.62. The molecule has 2 aromatic carbocycles. The van der Waals surface area contributed by atoms with Crippen LogP contribution in [0.2, 0.25) is 0 Å². The van der Waals surface area contributed by atoms with Crippen molar-refractivity contribution in [3.63, 3.8) is 0 Å². The predicted octanol–water partition coefficient (Wildman–Crippen LogP) is 3.87. The van der Waals surface area contributed by atoms with Crippen LogP contribution in [0.4, 0.5) is 0 Å². The topological polar surface area (TPSA) is 15.6 Å². The molecule has 1 atom stereocenters. The molecular weight excluding hydrogens is 268 g/mol. The van der Waals surface area contributed by atoms with Crippen molar-refractivity contribution >= 4 is 6.21 Å². The minimum Gasteiger partial charge on any atom is -0.301 e. The summed E-state index contributed by atoms with van der Waals surface area (Å²) >= 11 is 0. The lowest BCUT2D eigenvalue weighted by molar-refractivity contribution is 0.0908. The molecule has 22 heavy (non-hydrogen) atoms. The zero-order valence-electron chi connectivity index (χ0n) is 12.9. The summed E-state index contributed by atoms with van der Waals surface area (Å²) in [7, 11) is 0. The third kappa shape index (κ3) is 2.84. The first kappa shape index (κ1) is 13.7. The molecule has 5 rings (SSSR count). The second-order valence-electron chi connectivity index (χ2n) is 6.47. The Bertz CT molecular complexity index is 637. The van der Waals surface area contributed by atoms with Gasteiger partial charge in [0.15, 0.2) is 0 Å². The van der Waals surface area contributed by atoms with Crippen LogP contribution in [0.15, 0.2) is 59.6 Å². The van der Waals surface area contributed by atoms with Crippen LogP contribution in [-0.2, 0) is 0 Å². The second-order valence-corrected chi connectivity index (χ2v) is 6.47. The molecule has 3 heterocycles. The first-order valence-electron chi connectivity index (χ1n) is 8.29. The summed E-state index contributed by atoms with van der Waals surface area (Å²) < 4.78 is 0. The van der Waals surface area contributed by atoms with Crippen molar-refractivity contribution in [3.05, 3.63) is 60.2 Å². The maximum absolute atomic E-state index is 4.87. The Morgan fingerprint density at radius 3 is 2.18 bits per heavy atom. The van der Waals surface area contributed by atoms with E-state index in [0.29, 0.717) is 6.04 Å². The normalized spacial score (nSPS) is 27.4. The van der Waals surface area contributed by atoms with Crippen molar-refractivity contribution in [2.45, 2.75) is 18.9 Å². The van der Waals surface area contributed by atoms with Gasteiger partial charge in [-0.3, -0.25) is 4.99 Å². The molecular formula is C20H22N2. The standard InChI is InChI=1S/C20H22N2/c1-2-4-17(5-3-1)18-8-6-16(7-9-18)14-21-20-15-22-12-10-19(20)11-13-22/h1-9,14,19-20H,10-13,15H2/b21-14+. The summed E-state index contributed by atoms with van der Waals surface area (Å²) in [6.45, 7) is 3.72. The van der Waals surface area contributed by atoms with Gasteiger partial charge in [0.25, 0.3) is 0 Å². The van der Waals surface area contributed by atoms with Crippen molar-refractivity contribution in [2.75, 3.05) is 19.6 Å². The van der Waals surface area contributed by atoms with E-state index in [0.717, 1.165) is 12.5 Å². The molecule has 2 aromatic rings. The number of nitrogens with zero attached hydrogens (tertiary/aromatic N) is 2. The van der Waals surface area contributed by atoms with Gasteiger partial charge in [-0.15, -0.1) is 0 Å². The van der Waals surface area contributed by atoms with Gasteiger partial charge >= 0.3 is 0 Å². The van der Waals surface area contributed by atoms with E-state index in [2.05, 4.69) is 65.7 Å². The van der Waals surface area contributed by atoms with Crippen LogP contribution in [0.25, 0.3) is 11.1 Å². The number of aliphatic imine (C=N–C) groups is 1. The van der Waals surface area contributed by atoms with Crippen molar-refractivity contribution in [1.29, 1.82) is 0 Å². The molecule has 3 fully saturated rings. The molecule has 2 heteroatoms. The van der Waals surface area contributed by atoms with E-state index in [-0.39, 0.29) is 0 Å². The molecule has 3 aliphatic rings. The first-order chi connectivity index (χ1) is 10.9. The van der Waals surface area contributed by atoms with Crippen LogP contribution < -0.4 is 0 Å². The molecule has 2 nitrogen and oxygen atoms in total. The Morgan fingerprint density at radius 2 is 1.55 bits per heavy atom. The molecule has 3 aliphatic heterocycles. The fourth-order valence-electron chi connectivity index (χ4n) is 3.68. The predicted molar refractivity (Wildman–Crippen MR) is 92.4 cm³/mol. The van der Waals surface area contributed by atoms with E-state index >= 15 is 0 Å². The minimum absolute atomic E-state index is 0.510. The van der Waals surface area contributed by atoms with Crippen molar-refractivity contribution in [3.8, 4) is 11.1 Å². The zero-order chi connectivity index (χ0) is 14.8. The van der Waals surface area contributed by atoms with Gasteiger partial charge < -0.3 is 4.90 Å². The third-order valence-electron chi connectivity index (χ3n) is 5.05. The Hall–Kier alpha value is -1.93. The quantitative estimate of drug-likeness (QED) is 0.784. The third-order valence-corrected chi connectivity index (χ3v) is 5.05. The Morgan fingerprint density at radius 1 is 0.864 bits per heavy atom. The Balaban J connectivity index is 1.46. The number of hydrogen-bond acceptors (Lipinski definition) is 2. The van der Waals surface area contributed by atoms with Crippen LogP contribution in [-0.4, -0.2) is 36.8 Å². The Labute approximate surface area is 132 Å². The maximum Gasteiger partial charge on any atom is 0.0655 e. The van der Waals surface area contributed by atoms with Gasteiger partial charge in [-0.2, -0.15) is 0 Å². The number of fused-ring (bicyclic) bond motifs is 3. The highest BCUT2D eigenvalue weighted by molar-refractivity contribution is 5.81. The highest BCUT2D eigenvalue weighted by Gasteiger charge is 2.33. The monoisotopic (exact) mass is 290 g/mol. The summed E-state index contributed by atoms with van der Waals surface area (Å²) in [6.07, 6.45) is 4.73. The van der Waals surface area contributed by atoms with E-state index in [1.54, 1.807) is 0 Å². The van der Waals surface area contributed by atoms with Gasteiger partial charge in [0.1, 0.15) is 0 Å². The van der Waals surface area contributed by atoms with Gasteiger partial charge in [0, 0.05) is 12.8 Å². The SMILES string of the molecule is C(=N\C1CN2CCC1CC2)/c1ccc(-c2ccccc2)cc1.